The van der Waals surface area contributed by atoms with Crippen LogP contribution in [0.5, 0.6) is 0 Å². The number of rotatable bonds is 3. The minimum absolute atomic E-state index is 0.0279. The van der Waals surface area contributed by atoms with Gasteiger partial charge in [-0.1, -0.05) is 0 Å². The molecule has 1 amide bonds. The Labute approximate surface area is 161 Å². The monoisotopic (exact) mass is 388 g/mol. The van der Waals surface area contributed by atoms with Crippen LogP contribution in [0.1, 0.15) is 67.2 Å². The van der Waals surface area contributed by atoms with Crippen LogP contribution >= 0.6 is 0 Å². The number of ether oxygens (including phenoxy) is 2. The van der Waals surface area contributed by atoms with E-state index in [1.165, 1.54) is 0 Å². The predicted octanol–water partition coefficient (Wildman–Crippen LogP) is 3.23. The van der Waals surface area contributed by atoms with Crippen molar-refractivity contribution in [3.05, 3.63) is 0 Å². The number of nitrogens with one attached hydrogen (secondary N) is 1. The number of nitrogens with zero attached hydrogens (tertiary/aromatic N) is 1. The molecule has 0 aromatic heterocycles. The first kappa shape index (κ1) is 21.8. The van der Waals surface area contributed by atoms with Gasteiger partial charge >= 0.3 is 6.09 Å². The SMILES string of the molecule is CO[C@H]1C[C@@H](N[S+]([O-])C(C)(C)C)C2(CCN(C(=O)OC(C)(C)C)CC2)C1. The molecule has 0 bridgehead atoms. The Balaban J connectivity index is 2.04. The fourth-order valence-electron chi connectivity index (χ4n) is 3.86. The van der Waals surface area contributed by atoms with E-state index >= 15 is 0 Å². The Kier molecular flexibility index (Phi) is 6.59. The lowest BCUT2D eigenvalue weighted by molar-refractivity contribution is 0.00583. The molecule has 7 heteroatoms. The van der Waals surface area contributed by atoms with Gasteiger partial charge in [0.1, 0.15) is 10.3 Å². The van der Waals surface area contributed by atoms with Crippen molar-refractivity contribution >= 4 is 17.5 Å². The smallest absolute Gasteiger partial charge is 0.410 e. The van der Waals surface area contributed by atoms with Gasteiger partial charge in [-0.25, -0.2) is 4.79 Å². The summed E-state index contributed by atoms with van der Waals surface area (Å²) in [4.78, 5) is 14.1. The lowest BCUT2D eigenvalue weighted by Crippen LogP contribution is -2.54. The van der Waals surface area contributed by atoms with E-state index in [2.05, 4.69) is 4.72 Å². The van der Waals surface area contributed by atoms with Crippen LogP contribution in [0.15, 0.2) is 0 Å². The molecule has 2 rings (SSSR count). The van der Waals surface area contributed by atoms with Crippen LogP contribution in [0, 0.1) is 5.41 Å². The molecular formula is C19H36N2O4S. The highest BCUT2D eigenvalue weighted by Crippen LogP contribution is 2.48. The Bertz CT molecular complexity index is 493. The molecule has 1 aliphatic heterocycles. The van der Waals surface area contributed by atoms with E-state index in [4.69, 9.17) is 9.47 Å². The standard InChI is InChI=1S/C19H36N2O4S/c1-17(2,3)25-16(22)21-10-8-19(9-11-21)13-14(24-7)12-15(19)20-26(23)18(4,5)6/h14-15,20H,8-13H2,1-7H3/t14-,15+,26?/m0/s1. The zero-order valence-electron chi connectivity index (χ0n) is 17.4. The van der Waals surface area contributed by atoms with Gasteiger partial charge in [0, 0.05) is 31.6 Å². The lowest BCUT2D eigenvalue weighted by atomic mass is 9.74. The van der Waals surface area contributed by atoms with Crippen molar-refractivity contribution in [1.82, 2.24) is 9.62 Å². The summed E-state index contributed by atoms with van der Waals surface area (Å²) in [7, 11) is 1.75. The topological polar surface area (TPSA) is 73.9 Å². The van der Waals surface area contributed by atoms with Crippen LogP contribution < -0.4 is 4.72 Å². The van der Waals surface area contributed by atoms with Crippen LogP contribution in [0.2, 0.25) is 0 Å². The Morgan fingerprint density at radius 2 is 1.77 bits per heavy atom. The molecule has 152 valence electrons. The van der Waals surface area contributed by atoms with Gasteiger partial charge in [-0.3, -0.25) is 0 Å². The zero-order valence-corrected chi connectivity index (χ0v) is 18.2. The van der Waals surface area contributed by atoms with Crippen molar-refractivity contribution in [2.45, 2.75) is 89.7 Å². The summed E-state index contributed by atoms with van der Waals surface area (Å²) in [6.45, 7) is 13.0. The molecule has 1 aliphatic carbocycles. The molecule has 2 fully saturated rings. The molecule has 1 unspecified atom stereocenters. The molecule has 3 atom stereocenters. The maximum atomic E-state index is 12.6. The van der Waals surface area contributed by atoms with Crippen molar-refractivity contribution in [3.63, 3.8) is 0 Å². The van der Waals surface area contributed by atoms with E-state index in [1.807, 2.05) is 41.5 Å². The maximum absolute atomic E-state index is 12.6. The van der Waals surface area contributed by atoms with Gasteiger partial charge in [0.2, 0.25) is 0 Å². The number of methoxy groups -OCH3 is 1. The molecule has 6 nitrogen and oxygen atoms in total. The summed E-state index contributed by atoms with van der Waals surface area (Å²) in [6.07, 6.45) is 3.51. The third-order valence-electron chi connectivity index (χ3n) is 5.42. The van der Waals surface area contributed by atoms with Crippen LogP contribution in [0.4, 0.5) is 4.79 Å². The average molecular weight is 389 g/mol. The first-order valence-electron chi connectivity index (χ1n) is 9.55. The molecule has 1 saturated heterocycles. The van der Waals surface area contributed by atoms with Crippen molar-refractivity contribution in [2.75, 3.05) is 20.2 Å². The summed E-state index contributed by atoms with van der Waals surface area (Å²) >= 11 is -1.11. The number of likely N-dealkylation sites (tertiary alicyclic amines) is 1. The molecule has 1 saturated carbocycles. The summed E-state index contributed by atoms with van der Waals surface area (Å²) in [5.41, 5.74) is -0.450. The van der Waals surface area contributed by atoms with Crippen molar-refractivity contribution in [1.29, 1.82) is 0 Å². The molecule has 26 heavy (non-hydrogen) atoms. The molecule has 1 heterocycles. The highest BCUT2D eigenvalue weighted by Gasteiger charge is 2.52. The number of hydrogen-bond donors (Lipinski definition) is 1. The predicted molar refractivity (Wildman–Crippen MR) is 104 cm³/mol. The molecule has 1 spiro atoms. The number of piperidine rings is 1. The normalized spacial score (nSPS) is 27.6. The van der Waals surface area contributed by atoms with Crippen molar-refractivity contribution in [2.24, 2.45) is 5.41 Å². The fraction of sp³-hybridized carbons (Fsp3) is 0.947. The van der Waals surface area contributed by atoms with Crippen LogP contribution in [0.3, 0.4) is 0 Å². The van der Waals surface area contributed by atoms with E-state index < -0.39 is 17.0 Å². The summed E-state index contributed by atoms with van der Waals surface area (Å²) in [6, 6.07) is 0.147. The Hall–Kier alpha value is -0.500. The number of carbonyl (C=O) groups excluding carboxylic acids is 1. The summed E-state index contributed by atoms with van der Waals surface area (Å²) in [5.74, 6) is 0. The van der Waals surface area contributed by atoms with Gasteiger partial charge in [-0.05, 0) is 72.6 Å². The molecule has 1 N–H and O–H groups in total. The minimum atomic E-state index is -1.11. The second-order valence-corrected chi connectivity index (χ2v) is 11.7. The quantitative estimate of drug-likeness (QED) is 0.752. The largest absolute Gasteiger partial charge is 0.598 e. The molecular weight excluding hydrogens is 352 g/mol. The maximum Gasteiger partial charge on any atom is 0.410 e. The first-order chi connectivity index (χ1) is 11.9. The second-order valence-electron chi connectivity index (χ2n) is 9.68. The third kappa shape index (κ3) is 5.27. The fourth-order valence-corrected chi connectivity index (χ4v) is 4.82. The average Bonchev–Trinajstić information content (AvgIpc) is 2.83. The van der Waals surface area contributed by atoms with Crippen LogP contribution in [-0.2, 0) is 20.8 Å². The van der Waals surface area contributed by atoms with Crippen LogP contribution in [0.25, 0.3) is 0 Å². The minimum Gasteiger partial charge on any atom is -0.598 e. The first-order valence-corrected chi connectivity index (χ1v) is 10.7. The van der Waals surface area contributed by atoms with E-state index in [0.29, 0.717) is 13.1 Å². The van der Waals surface area contributed by atoms with Gasteiger partial charge in [0.15, 0.2) is 0 Å². The molecule has 0 aromatic carbocycles. The molecule has 0 aromatic rings. The Morgan fingerprint density at radius 1 is 1.19 bits per heavy atom. The highest BCUT2D eigenvalue weighted by molar-refractivity contribution is 7.90. The summed E-state index contributed by atoms with van der Waals surface area (Å²) < 4.78 is 26.9. The molecule has 0 radical (unpaired) electrons. The van der Waals surface area contributed by atoms with E-state index in [0.717, 1.165) is 25.7 Å². The Morgan fingerprint density at radius 3 is 2.23 bits per heavy atom. The zero-order chi connectivity index (χ0) is 19.8. The second kappa shape index (κ2) is 7.86. The van der Waals surface area contributed by atoms with Crippen molar-refractivity contribution < 1.29 is 18.8 Å². The van der Waals surface area contributed by atoms with Gasteiger partial charge in [-0.15, -0.1) is 4.72 Å². The summed E-state index contributed by atoms with van der Waals surface area (Å²) in [5, 5.41) is 0. The van der Waals surface area contributed by atoms with Crippen molar-refractivity contribution in [3.8, 4) is 0 Å². The van der Waals surface area contributed by atoms with E-state index in [-0.39, 0.29) is 28.4 Å². The number of amides is 1. The van der Waals surface area contributed by atoms with E-state index in [1.54, 1.807) is 12.0 Å². The highest BCUT2D eigenvalue weighted by atomic mass is 32.2. The van der Waals surface area contributed by atoms with Gasteiger partial charge in [0.05, 0.1) is 12.1 Å². The number of carbonyl (C=O) groups is 1. The van der Waals surface area contributed by atoms with Crippen LogP contribution in [-0.4, -0.2) is 58.2 Å². The van der Waals surface area contributed by atoms with Gasteiger partial charge in [-0.2, -0.15) is 0 Å². The van der Waals surface area contributed by atoms with Gasteiger partial charge in [0.25, 0.3) is 0 Å². The van der Waals surface area contributed by atoms with Gasteiger partial charge < -0.3 is 18.9 Å². The third-order valence-corrected chi connectivity index (χ3v) is 7.03. The lowest BCUT2D eigenvalue weighted by Gasteiger charge is -2.43. The number of hydrogen-bond acceptors (Lipinski definition) is 5. The molecule has 2 aliphatic rings. The van der Waals surface area contributed by atoms with E-state index in [9.17, 15) is 9.35 Å².